The molecule has 0 saturated heterocycles. The minimum absolute atomic E-state index is 0.134. The molecule has 2 saturated carbocycles. The number of anilines is 3. The van der Waals surface area contributed by atoms with Gasteiger partial charge in [0, 0.05) is 17.8 Å². The molecule has 3 atom stereocenters. The zero-order valence-electron chi connectivity index (χ0n) is 16.3. The first-order valence-electron chi connectivity index (χ1n) is 10.2. The maximum absolute atomic E-state index is 5.79. The summed E-state index contributed by atoms with van der Waals surface area (Å²) in [5, 5.41) is 7.02. The van der Waals surface area contributed by atoms with Gasteiger partial charge in [-0.25, -0.2) is 4.98 Å². The number of imidazole rings is 1. The average molecular weight is 379 g/mol. The van der Waals surface area contributed by atoms with E-state index in [0.717, 1.165) is 40.3 Å². The summed E-state index contributed by atoms with van der Waals surface area (Å²) in [4.78, 5) is 15.8. The van der Waals surface area contributed by atoms with Crippen LogP contribution in [0.15, 0.2) is 30.6 Å². The monoisotopic (exact) mass is 379 g/mol. The smallest absolute Gasteiger partial charge is 0.307 e. The SMILES string of the molecule is CC(C)Oc1cccc(Nc2nc(NC3CC4CCC3C4)c3[nH]c[nH+]c3n2)c1. The van der Waals surface area contributed by atoms with Gasteiger partial charge in [-0.1, -0.05) is 17.5 Å². The standard InChI is InChI=1S/C21H26N6O/c1-12(2)28-16-5-3-4-15(10-16)24-21-26-19-18(22-11-23-19)20(27-21)25-17-9-13-6-7-14(17)8-13/h3-5,10-14,17H,6-9H2,1-2H3,(H3,22,23,24,25,26,27)/p+1. The summed E-state index contributed by atoms with van der Waals surface area (Å²) in [6, 6.07) is 8.39. The fourth-order valence-corrected chi connectivity index (χ4v) is 4.68. The predicted molar refractivity (Wildman–Crippen MR) is 109 cm³/mol. The first kappa shape index (κ1) is 17.3. The van der Waals surface area contributed by atoms with Gasteiger partial charge in [-0.2, -0.15) is 4.98 Å². The molecule has 1 aromatic carbocycles. The van der Waals surface area contributed by atoms with Gasteiger partial charge in [-0.3, -0.25) is 4.98 Å². The zero-order chi connectivity index (χ0) is 19.1. The highest BCUT2D eigenvalue weighted by atomic mass is 16.5. The summed E-state index contributed by atoms with van der Waals surface area (Å²) in [7, 11) is 0. The van der Waals surface area contributed by atoms with Crippen LogP contribution in [0.3, 0.4) is 0 Å². The minimum Gasteiger partial charge on any atom is -0.491 e. The Hall–Kier alpha value is -2.83. The number of aromatic amines is 2. The number of fused-ring (bicyclic) bond motifs is 3. The first-order valence-corrected chi connectivity index (χ1v) is 10.2. The van der Waals surface area contributed by atoms with Gasteiger partial charge in [0.15, 0.2) is 12.1 Å². The Morgan fingerprint density at radius 3 is 2.93 bits per heavy atom. The van der Waals surface area contributed by atoms with E-state index in [1.165, 1.54) is 25.7 Å². The molecule has 0 amide bonds. The van der Waals surface area contributed by atoms with Gasteiger partial charge in [0.2, 0.25) is 5.52 Å². The van der Waals surface area contributed by atoms with Crippen molar-refractivity contribution >= 4 is 28.6 Å². The maximum Gasteiger partial charge on any atom is 0.307 e. The van der Waals surface area contributed by atoms with E-state index in [1.54, 1.807) is 6.33 Å². The van der Waals surface area contributed by atoms with Gasteiger partial charge in [0.25, 0.3) is 0 Å². The minimum atomic E-state index is 0.134. The van der Waals surface area contributed by atoms with Gasteiger partial charge in [0.1, 0.15) is 5.75 Å². The molecule has 5 rings (SSSR count). The number of hydrogen-bond acceptors (Lipinski definition) is 5. The van der Waals surface area contributed by atoms with Gasteiger partial charge in [0.05, 0.1) is 6.10 Å². The van der Waals surface area contributed by atoms with Crippen molar-refractivity contribution in [2.75, 3.05) is 10.6 Å². The molecule has 2 aromatic heterocycles. The molecule has 7 nitrogen and oxygen atoms in total. The number of nitrogens with zero attached hydrogens (tertiary/aromatic N) is 2. The van der Waals surface area contributed by atoms with Crippen molar-refractivity contribution in [1.29, 1.82) is 0 Å². The number of H-pyrrole nitrogens is 2. The second-order valence-electron chi connectivity index (χ2n) is 8.30. The molecule has 7 heteroatoms. The second kappa shape index (κ2) is 6.96. The first-order chi connectivity index (χ1) is 13.6. The number of hydrogen-bond donors (Lipinski definition) is 3. The van der Waals surface area contributed by atoms with Crippen molar-refractivity contribution in [1.82, 2.24) is 15.0 Å². The van der Waals surface area contributed by atoms with Crippen LogP contribution in [0, 0.1) is 11.8 Å². The lowest BCUT2D eigenvalue weighted by Crippen LogP contribution is -2.26. The third-order valence-corrected chi connectivity index (χ3v) is 5.86. The van der Waals surface area contributed by atoms with E-state index in [4.69, 9.17) is 9.72 Å². The van der Waals surface area contributed by atoms with Crippen molar-refractivity contribution in [2.24, 2.45) is 11.8 Å². The Labute approximate surface area is 164 Å². The molecule has 3 aromatic rings. The highest BCUT2D eigenvalue weighted by Crippen LogP contribution is 2.45. The molecule has 0 radical (unpaired) electrons. The number of rotatable bonds is 6. The molecule has 2 bridgehead atoms. The molecule has 2 aliphatic rings. The van der Waals surface area contributed by atoms with E-state index in [0.29, 0.717) is 12.0 Å². The lowest BCUT2D eigenvalue weighted by molar-refractivity contribution is -0.347. The molecule has 0 aliphatic heterocycles. The summed E-state index contributed by atoms with van der Waals surface area (Å²) >= 11 is 0. The molecule has 2 heterocycles. The van der Waals surface area contributed by atoms with E-state index in [9.17, 15) is 0 Å². The summed E-state index contributed by atoms with van der Waals surface area (Å²) in [5.74, 6) is 3.91. The molecule has 3 unspecified atom stereocenters. The predicted octanol–water partition coefficient (Wildman–Crippen LogP) is 3.90. The average Bonchev–Trinajstić information content (AvgIpc) is 3.38. The van der Waals surface area contributed by atoms with E-state index in [2.05, 4.69) is 25.6 Å². The quantitative estimate of drug-likeness (QED) is 0.604. The molecular weight excluding hydrogens is 352 g/mol. The van der Waals surface area contributed by atoms with Crippen molar-refractivity contribution in [3.63, 3.8) is 0 Å². The zero-order valence-corrected chi connectivity index (χ0v) is 16.3. The molecular formula is C21H27N6O+. The van der Waals surface area contributed by atoms with Gasteiger partial charge in [-0.05, 0) is 57.1 Å². The lowest BCUT2D eigenvalue weighted by Gasteiger charge is -2.23. The Balaban J connectivity index is 1.41. The molecule has 0 spiro atoms. The van der Waals surface area contributed by atoms with Crippen LogP contribution in [0.1, 0.15) is 39.5 Å². The summed E-state index contributed by atoms with van der Waals surface area (Å²) in [6.45, 7) is 4.04. The van der Waals surface area contributed by atoms with Gasteiger partial charge < -0.3 is 15.4 Å². The van der Waals surface area contributed by atoms with E-state index in [1.807, 2.05) is 38.1 Å². The summed E-state index contributed by atoms with van der Waals surface area (Å²) < 4.78 is 5.79. The van der Waals surface area contributed by atoms with E-state index < -0.39 is 0 Å². The Bertz CT molecular complexity index is 984. The van der Waals surface area contributed by atoms with Crippen molar-refractivity contribution in [2.45, 2.75) is 51.7 Å². The Kier molecular flexibility index (Phi) is 4.30. The van der Waals surface area contributed by atoms with Crippen molar-refractivity contribution in [3.05, 3.63) is 30.6 Å². The van der Waals surface area contributed by atoms with Crippen LogP contribution in [0.5, 0.6) is 5.75 Å². The highest BCUT2D eigenvalue weighted by Gasteiger charge is 2.40. The third-order valence-electron chi connectivity index (χ3n) is 5.86. The highest BCUT2D eigenvalue weighted by molar-refractivity contribution is 5.82. The second-order valence-corrected chi connectivity index (χ2v) is 8.30. The third kappa shape index (κ3) is 3.37. The molecule has 4 N–H and O–H groups in total. The summed E-state index contributed by atoms with van der Waals surface area (Å²) in [5.41, 5.74) is 2.61. The van der Waals surface area contributed by atoms with Crippen molar-refractivity contribution in [3.8, 4) is 5.75 Å². The number of ether oxygens (including phenoxy) is 1. The normalized spacial score (nSPS) is 23.5. The summed E-state index contributed by atoms with van der Waals surface area (Å²) in [6.07, 6.45) is 7.26. The van der Waals surface area contributed by atoms with Crippen molar-refractivity contribution < 1.29 is 9.72 Å². The number of aromatic nitrogens is 4. The van der Waals surface area contributed by atoms with E-state index in [-0.39, 0.29) is 6.10 Å². The molecule has 146 valence electrons. The Morgan fingerprint density at radius 2 is 2.14 bits per heavy atom. The lowest BCUT2D eigenvalue weighted by atomic mass is 9.95. The van der Waals surface area contributed by atoms with Crippen LogP contribution in [0.2, 0.25) is 0 Å². The number of nitrogens with one attached hydrogen (secondary N) is 4. The topological polar surface area (TPSA) is 89.0 Å². The number of benzene rings is 1. The van der Waals surface area contributed by atoms with Gasteiger partial charge >= 0.3 is 11.6 Å². The van der Waals surface area contributed by atoms with Crippen LogP contribution in [-0.4, -0.2) is 27.1 Å². The molecule has 2 fully saturated rings. The fourth-order valence-electron chi connectivity index (χ4n) is 4.68. The fraction of sp³-hybridized carbons (Fsp3) is 0.476. The van der Waals surface area contributed by atoms with Crippen LogP contribution < -0.4 is 20.4 Å². The van der Waals surface area contributed by atoms with Crippen LogP contribution in [0.4, 0.5) is 17.5 Å². The Morgan fingerprint density at radius 1 is 1.21 bits per heavy atom. The van der Waals surface area contributed by atoms with E-state index >= 15 is 0 Å². The largest absolute Gasteiger partial charge is 0.491 e. The maximum atomic E-state index is 5.79. The molecule has 2 aliphatic carbocycles. The molecule has 28 heavy (non-hydrogen) atoms. The van der Waals surface area contributed by atoms with Crippen LogP contribution >= 0.6 is 0 Å². The van der Waals surface area contributed by atoms with Crippen LogP contribution in [-0.2, 0) is 0 Å². The van der Waals surface area contributed by atoms with Crippen LogP contribution in [0.25, 0.3) is 11.2 Å². The van der Waals surface area contributed by atoms with Gasteiger partial charge in [-0.15, -0.1) is 0 Å².